The summed E-state index contributed by atoms with van der Waals surface area (Å²) in [7, 11) is 0. The van der Waals surface area contributed by atoms with Gasteiger partial charge in [-0.3, -0.25) is 4.90 Å². The van der Waals surface area contributed by atoms with E-state index in [1.54, 1.807) is 6.07 Å². The molecule has 4 N–H and O–H groups in total. The van der Waals surface area contributed by atoms with Crippen molar-refractivity contribution in [1.82, 2.24) is 10.2 Å². The van der Waals surface area contributed by atoms with Crippen LogP contribution >= 0.6 is 0 Å². The third kappa shape index (κ3) is 3.06. The number of phenolic OH excluding ortho intramolecular Hbond substituents is 1. The second-order valence-electron chi connectivity index (χ2n) is 6.53. The van der Waals surface area contributed by atoms with Gasteiger partial charge < -0.3 is 16.2 Å². The molecule has 0 amide bonds. The molecule has 0 unspecified atom stereocenters. The van der Waals surface area contributed by atoms with Gasteiger partial charge in [0.25, 0.3) is 0 Å². The third-order valence-corrected chi connectivity index (χ3v) is 5.16. The van der Waals surface area contributed by atoms with Gasteiger partial charge >= 0.3 is 0 Å². The minimum atomic E-state index is -0.538. The predicted octanol–water partition coefficient (Wildman–Crippen LogP) is 2.64. The van der Waals surface area contributed by atoms with E-state index in [1.807, 2.05) is 0 Å². The molecule has 4 nitrogen and oxygen atoms in total. The average molecular weight is 307 g/mol. The lowest BCUT2D eigenvalue weighted by Crippen LogP contribution is -2.47. The number of hydrogen-bond acceptors (Lipinski definition) is 4. The number of benzene rings is 1. The Morgan fingerprint density at radius 2 is 1.86 bits per heavy atom. The number of nitrogens with two attached hydrogens (primary N) is 1. The molecule has 3 rings (SSSR count). The van der Waals surface area contributed by atoms with Crippen LogP contribution in [-0.4, -0.2) is 36.2 Å². The number of anilines is 1. The molecule has 22 heavy (non-hydrogen) atoms. The quantitative estimate of drug-likeness (QED) is 0.593. The van der Waals surface area contributed by atoms with Crippen molar-refractivity contribution in [2.75, 3.05) is 31.9 Å². The van der Waals surface area contributed by atoms with Gasteiger partial charge in [-0.05, 0) is 24.8 Å². The lowest BCUT2D eigenvalue weighted by atomic mass is 9.79. The molecule has 1 aromatic rings. The van der Waals surface area contributed by atoms with Gasteiger partial charge in [-0.25, -0.2) is 4.39 Å². The van der Waals surface area contributed by atoms with Crippen molar-refractivity contribution in [3.63, 3.8) is 0 Å². The SMILES string of the molecule is Nc1c(F)ccc([C@H](C2CCCCC2)N2CCNCC2)c1O. The van der Waals surface area contributed by atoms with Crippen LogP contribution in [0.2, 0.25) is 0 Å². The highest BCUT2D eigenvalue weighted by atomic mass is 19.1. The first-order chi connectivity index (χ1) is 10.7. The Kier molecular flexibility index (Phi) is 4.84. The van der Waals surface area contributed by atoms with Gasteiger partial charge in [0.1, 0.15) is 17.3 Å². The van der Waals surface area contributed by atoms with Gasteiger partial charge in [0, 0.05) is 37.8 Å². The molecule has 1 saturated carbocycles. The number of rotatable bonds is 3. The van der Waals surface area contributed by atoms with Crippen LogP contribution in [0.15, 0.2) is 12.1 Å². The fourth-order valence-corrected chi connectivity index (χ4v) is 4.00. The lowest BCUT2D eigenvalue weighted by Gasteiger charge is -2.41. The van der Waals surface area contributed by atoms with Crippen LogP contribution in [0.1, 0.15) is 43.7 Å². The molecule has 5 heteroatoms. The maximum absolute atomic E-state index is 13.6. The van der Waals surface area contributed by atoms with Crippen LogP contribution in [0.4, 0.5) is 10.1 Å². The molecule has 0 radical (unpaired) electrons. The number of nitrogens with one attached hydrogen (secondary N) is 1. The minimum absolute atomic E-state index is 0.0610. The Morgan fingerprint density at radius 3 is 2.55 bits per heavy atom. The maximum Gasteiger partial charge on any atom is 0.149 e. The standard InChI is InChI=1S/C17H26FN3O/c18-14-7-6-13(17(22)15(14)19)16(12-4-2-1-3-5-12)21-10-8-20-9-11-21/h6-7,12,16,20,22H,1-5,8-11,19H2/t16-/m0/s1. The Hall–Kier alpha value is -1.33. The van der Waals surface area contributed by atoms with Crippen LogP contribution in [-0.2, 0) is 0 Å². The summed E-state index contributed by atoms with van der Waals surface area (Å²) in [6.45, 7) is 3.83. The van der Waals surface area contributed by atoms with Gasteiger partial charge in [0.2, 0.25) is 0 Å². The van der Waals surface area contributed by atoms with Gasteiger partial charge in [-0.2, -0.15) is 0 Å². The van der Waals surface area contributed by atoms with Crippen molar-refractivity contribution in [2.45, 2.75) is 38.1 Å². The maximum atomic E-state index is 13.6. The predicted molar refractivity (Wildman–Crippen MR) is 86.2 cm³/mol. The number of nitrogens with zero attached hydrogens (tertiary/aromatic N) is 1. The first kappa shape index (κ1) is 15.6. The van der Waals surface area contributed by atoms with Gasteiger partial charge in [-0.15, -0.1) is 0 Å². The van der Waals surface area contributed by atoms with Crippen LogP contribution in [0.25, 0.3) is 0 Å². The minimum Gasteiger partial charge on any atom is -0.505 e. The summed E-state index contributed by atoms with van der Waals surface area (Å²) in [6.07, 6.45) is 6.12. The fourth-order valence-electron chi connectivity index (χ4n) is 4.00. The summed E-state index contributed by atoms with van der Waals surface area (Å²) >= 11 is 0. The van der Waals surface area contributed by atoms with E-state index in [-0.39, 0.29) is 17.5 Å². The van der Waals surface area contributed by atoms with Crippen molar-refractivity contribution in [3.8, 4) is 5.75 Å². The zero-order valence-electron chi connectivity index (χ0n) is 13.0. The Labute approximate surface area is 131 Å². The second kappa shape index (κ2) is 6.84. The van der Waals surface area contributed by atoms with E-state index < -0.39 is 5.82 Å². The van der Waals surface area contributed by atoms with Crippen molar-refractivity contribution < 1.29 is 9.50 Å². The topological polar surface area (TPSA) is 61.5 Å². The van der Waals surface area contributed by atoms with E-state index in [4.69, 9.17) is 5.73 Å². The molecule has 1 aromatic carbocycles. The zero-order chi connectivity index (χ0) is 15.5. The molecule has 1 aliphatic carbocycles. The molecule has 2 fully saturated rings. The summed E-state index contributed by atoms with van der Waals surface area (Å²) in [5.74, 6) is -0.0827. The molecule has 1 saturated heterocycles. The molecular weight excluding hydrogens is 281 g/mol. The molecule has 1 aliphatic heterocycles. The Balaban J connectivity index is 1.94. The summed E-state index contributed by atoms with van der Waals surface area (Å²) < 4.78 is 13.6. The summed E-state index contributed by atoms with van der Waals surface area (Å²) in [5.41, 5.74) is 6.41. The largest absolute Gasteiger partial charge is 0.505 e. The first-order valence-electron chi connectivity index (χ1n) is 8.40. The highest BCUT2D eigenvalue weighted by molar-refractivity contribution is 5.58. The number of nitrogen functional groups attached to an aromatic ring is 1. The normalized spacial score (nSPS) is 22.6. The molecule has 1 atom stereocenters. The van der Waals surface area contributed by atoms with Crippen LogP contribution in [0.5, 0.6) is 5.75 Å². The molecule has 2 aliphatic rings. The summed E-state index contributed by atoms with van der Waals surface area (Å²) in [4.78, 5) is 2.43. The van der Waals surface area contributed by atoms with E-state index in [1.165, 1.54) is 38.2 Å². The lowest BCUT2D eigenvalue weighted by molar-refractivity contribution is 0.101. The molecule has 0 bridgehead atoms. The van der Waals surface area contributed by atoms with Crippen molar-refractivity contribution in [3.05, 3.63) is 23.5 Å². The molecule has 0 aromatic heterocycles. The molecule has 0 spiro atoms. The first-order valence-corrected chi connectivity index (χ1v) is 8.40. The van der Waals surface area contributed by atoms with Crippen LogP contribution in [0, 0.1) is 11.7 Å². The number of phenols is 1. The molecule has 1 heterocycles. The monoisotopic (exact) mass is 307 g/mol. The smallest absolute Gasteiger partial charge is 0.149 e. The van der Waals surface area contributed by atoms with Crippen molar-refractivity contribution in [2.24, 2.45) is 5.92 Å². The third-order valence-electron chi connectivity index (χ3n) is 5.16. The van der Waals surface area contributed by atoms with E-state index in [9.17, 15) is 9.50 Å². The van der Waals surface area contributed by atoms with Gasteiger partial charge in [0.15, 0.2) is 0 Å². The highest BCUT2D eigenvalue weighted by Crippen LogP contribution is 2.43. The van der Waals surface area contributed by atoms with E-state index in [0.29, 0.717) is 5.92 Å². The van der Waals surface area contributed by atoms with Gasteiger partial charge in [0.05, 0.1) is 0 Å². The fraction of sp³-hybridized carbons (Fsp3) is 0.647. The molecule has 122 valence electrons. The molecular formula is C17H26FN3O. The second-order valence-corrected chi connectivity index (χ2v) is 6.53. The Bertz CT molecular complexity index is 493. The number of halogens is 1. The number of piperazine rings is 1. The van der Waals surface area contributed by atoms with Crippen molar-refractivity contribution >= 4 is 5.69 Å². The van der Waals surface area contributed by atoms with Crippen LogP contribution in [0.3, 0.4) is 0 Å². The number of hydrogen-bond donors (Lipinski definition) is 3. The van der Waals surface area contributed by atoms with Crippen LogP contribution < -0.4 is 11.1 Å². The summed E-state index contributed by atoms with van der Waals surface area (Å²) in [6, 6.07) is 3.26. The van der Waals surface area contributed by atoms with E-state index in [2.05, 4.69) is 10.2 Å². The number of aromatic hydroxyl groups is 1. The van der Waals surface area contributed by atoms with Gasteiger partial charge in [-0.1, -0.05) is 25.3 Å². The van der Waals surface area contributed by atoms with E-state index in [0.717, 1.165) is 31.7 Å². The van der Waals surface area contributed by atoms with Crippen molar-refractivity contribution in [1.29, 1.82) is 0 Å². The summed E-state index contributed by atoms with van der Waals surface area (Å²) in [5, 5.41) is 13.8. The zero-order valence-corrected chi connectivity index (χ0v) is 13.0. The highest BCUT2D eigenvalue weighted by Gasteiger charge is 2.33. The Morgan fingerprint density at radius 1 is 1.18 bits per heavy atom. The van der Waals surface area contributed by atoms with E-state index >= 15 is 0 Å². The average Bonchev–Trinajstić information content (AvgIpc) is 2.57.